The fourth-order valence-corrected chi connectivity index (χ4v) is 2.20. The highest BCUT2D eigenvalue weighted by Gasteiger charge is 2.09. The van der Waals surface area contributed by atoms with Gasteiger partial charge in [-0.2, -0.15) is 0 Å². The molecule has 0 fully saturated rings. The van der Waals surface area contributed by atoms with Gasteiger partial charge in [-0.1, -0.05) is 6.07 Å². The molecule has 84 valence electrons. The van der Waals surface area contributed by atoms with Crippen molar-refractivity contribution in [2.75, 3.05) is 11.1 Å². The van der Waals surface area contributed by atoms with Crippen molar-refractivity contribution in [2.24, 2.45) is 0 Å². The molecular weight excluding hydrogens is 218 g/mol. The number of benzene rings is 1. The first-order valence-electron chi connectivity index (χ1n) is 5.19. The highest BCUT2D eigenvalue weighted by atomic mass is 32.1. The minimum Gasteiger partial charge on any atom is -0.398 e. The number of rotatable bonds is 3. The van der Waals surface area contributed by atoms with Gasteiger partial charge in [0.25, 0.3) is 0 Å². The smallest absolute Gasteiger partial charge is 0.115 e. The number of hydrogen-bond acceptors (Lipinski definition) is 4. The summed E-state index contributed by atoms with van der Waals surface area (Å²) in [6, 6.07) is 6.12. The van der Waals surface area contributed by atoms with Crippen molar-refractivity contribution in [1.82, 2.24) is 4.98 Å². The van der Waals surface area contributed by atoms with Gasteiger partial charge in [0, 0.05) is 23.0 Å². The zero-order valence-electron chi connectivity index (χ0n) is 9.40. The maximum absolute atomic E-state index is 5.86. The molecule has 1 heterocycles. The van der Waals surface area contributed by atoms with E-state index in [4.69, 9.17) is 5.73 Å². The molecule has 4 heteroatoms. The second kappa shape index (κ2) is 4.53. The van der Waals surface area contributed by atoms with E-state index >= 15 is 0 Å². The Bertz CT molecular complexity index is 465. The lowest BCUT2D eigenvalue weighted by atomic mass is 10.1. The number of thiazole rings is 1. The molecule has 0 amide bonds. The average molecular weight is 233 g/mol. The summed E-state index contributed by atoms with van der Waals surface area (Å²) in [5.74, 6) is 0. The molecule has 1 aromatic carbocycles. The summed E-state index contributed by atoms with van der Waals surface area (Å²) < 4.78 is 0. The molecule has 0 radical (unpaired) electrons. The number of nitrogens with two attached hydrogens (primary N) is 1. The largest absolute Gasteiger partial charge is 0.398 e. The number of anilines is 2. The Morgan fingerprint density at radius 1 is 1.44 bits per heavy atom. The summed E-state index contributed by atoms with van der Waals surface area (Å²) in [6.07, 6.45) is 1.82. The molecule has 0 saturated carbocycles. The molecule has 0 saturated heterocycles. The van der Waals surface area contributed by atoms with E-state index in [-0.39, 0.29) is 6.04 Å². The molecular formula is C12H15N3S. The Morgan fingerprint density at radius 2 is 2.25 bits per heavy atom. The van der Waals surface area contributed by atoms with E-state index in [2.05, 4.69) is 17.2 Å². The van der Waals surface area contributed by atoms with Crippen LogP contribution in [0.3, 0.4) is 0 Å². The van der Waals surface area contributed by atoms with Gasteiger partial charge in [0.1, 0.15) is 5.01 Å². The van der Waals surface area contributed by atoms with Crippen LogP contribution in [0.15, 0.2) is 29.8 Å². The fourth-order valence-electron chi connectivity index (χ4n) is 1.55. The molecule has 2 aromatic rings. The van der Waals surface area contributed by atoms with Crippen molar-refractivity contribution in [3.63, 3.8) is 0 Å². The van der Waals surface area contributed by atoms with Gasteiger partial charge in [-0.15, -0.1) is 11.3 Å². The van der Waals surface area contributed by atoms with Crippen LogP contribution >= 0.6 is 11.3 Å². The van der Waals surface area contributed by atoms with Crippen LogP contribution in [0.2, 0.25) is 0 Å². The molecule has 0 bridgehead atoms. The molecule has 3 N–H and O–H groups in total. The summed E-state index contributed by atoms with van der Waals surface area (Å²) >= 11 is 1.66. The number of hydrogen-bond donors (Lipinski definition) is 2. The van der Waals surface area contributed by atoms with Crippen LogP contribution < -0.4 is 11.1 Å². The molecule has 0 aliphatic rings. The number of nitrogen functional groups attached to an aromatic ring is 1. The van der Waals surface area contributed by atoms with Gasteiger partial charge in [-0.3, -0.25) is 0 Å². The van der Waals surface area contributed by atoms with Crippen molar-refractivity contribution < 1.29 is 0 Å². The third-order valence-electron chi connectivity index (χ3n) is 2.57. The fraction of sp³-hybridized carbons (Fsp3) is 0.250. The van der Waals surface area contributed by atoms with Crippen LogP contribution in [-0.2, 0) is 0 Å². The van der Waals surface area contributed by atoms with Gasteiger partial charge >= 0.3 is 0 Å². The van der Waals surface area contributed by atoms with Crippen LogP contribution in [-0.4, -0.2) is 4.98 Å². The molecule has 3 nitrogen and oxygen atoms in total. The van der Waals surface area contributed by atoms with E-state index in [1.807, 2.05) is 36.7 Å². The van der Waals surface area contributed by atoms with Gasteiger partial charge in [0.15, 0.2) is 0 Å². The first-order chi connectivity index (χ1) is 7.68. The van der Waals surface area contributed by atoms with E-state index in [9.17, 15) is 0 Å². The number of aromatic nitrogens is 1. The molecule has 0 spiro atoms. The monoisotopic (exact) mass is 233 g/mol. The summed E-state index contributed by atoms with van der Waals surface area (Å²) in [7, 11) is 0. The Balaban J connectivity index is 2.18. The molecule has 1 unspecified atom stereocenters. The van der Waals surface area contributed by atoms with Crippen LogP contribution in [0.25, 0.3) is 0 Å². The summed E-state index contributed by atoms with van der Waals surface area (Å²) in [4.78, 5) is 4.29. The molecule has 16 heavy (non-hydrogen) atoms. The summed E-state index contributed by atoms with van der Waals surface area (Å²) in [6.45, 7) is 4.12. The first-order valence-corrected chi connectivity index (χ1v) is 6.07. The number of nitrogens with one attached hydrogen (secondary N) is 1. The van der Waals surface area contributed by atoms with Gasteiger partial charge in [0.05, 0.1) is 6.04 Å². The third-order valence-corrected chi connectivity index (χ3v) is 3.53. The maximum atomic E-state index is 5.86. The van der Waals surface area contributed by atoms with E-state index in [0.717, 1.165) is 21.9 Å². The van der Waals surface area contributed by atoms with E-state index in [0.29, 0.717) is 0 Å². The predicted octanol–water partition coefficient (Wildman–Crippen LogP) is 3.21. The van der Waals surface area contributed by atoms with Crippen LogP contribution in [0.4, 0.5) is 11.4 Å². The van der Waals surface area contributed by atoms with Gasteiger partial charge < -0.3 is 11.1 Å². The topological polar surface area (TPSA) is 50.9 Å². The van der Waals surface area contributed by atoms with Gasteiger partial charge in [-0.25, -0.2) is 4.98 Å². The second-order valence-electron chi connectivity index (χ2n) is 3.76. The summed E-state index contributed by atoms with van der Waals surface area (Å²) in [5.41, 5.74) is 8.84. The van der Waals surface area contributed by atoms with Crippen molar-refractivity contribution >= 4 is 22.7 Å². The van der Waals surface area contributed by atoms with Crippen LogP contribution in [0.5, 0.6) is 0 Å². The second-order valence-corrected chi connectivity index (χ2v) is 4.68. The zero-order valence-corrected chi connectivity index (χ0v) is 10.2. The average Bonchev–Trinajstić information content (AvgIpc) is 2.78. The first kappa shape index (κ1) is 11.0. The van der Waals surface area contributed by atoms with Gasteiger partial charge in [0.2, 0.25) is 0 Å². The van der Waals surface area contributed by atoms with E-state index in [1.54, 1.807) is 11.3 Å². The Kier molecular flexibility index (Phi) is 3.10. The van der Waals surface area contributed by atoms with E-state index in [1.165, 1.54) is 0 Å². The summed E-state index contributed by atoms with van der Waals surface area (Å²) in [5, 5.41) is 6.49. The highest BCUT2D eigenvalue weighted by molar-refractivity contribution is 7.09. The molecule has 2 rings (SSSR count). The van der Waals surface area contributed by atoms with E-state index < -0.39 is 0 Å². The molecule has 1 atom stereocenters. The SMILES string of the molecule is Cc1c(N)cccc1NC(C)c1nccs1. The third kappa shape index (κ3) is 2.17. The Hall–Kier alpha value is -1.55. The number of nitrogens with zero attached hydrogens (tertiary/aromatic N) is 1. The minimum atomic E-state index is 0.209. The zero-order chi connectivity index (χ0) is 11.5. The van der Waals surface area contributed by atoms with Gasteiger partial charge in [-0.05, 0) is 31.5 Å². The lowest BCUT2D eigenvalue weighted by Crippen LogP contribution is -2.08. The van der Waals surface area contributed by atoms with Crippen LogP contribution in [0.1, 0.15) is 23.5 Å². The molecule has 0 aliphatic carbocycles. The maximum Gasteiger partial charge on any atom is 0.115 e. The standard InChI is InChI=1S/C12H15N3S/c1-8-10(13)4-3-5-11(8)15-9(2)12-14-6-7-16-12/h3-7,9,15H,13H2,1-2H3. The quantitative estimate of drug-likeness (QED) is 0.800. The molecule has 1 aromatic heterocycles. The van der Waals surface area contributed by atoms with Crippen molar-refractivity contribution in [3.05, 3.63) is 40.3 Å². The predicted molar refractivity (Wildman–Crippen MR) is 69.7 cm³/mol. The van der Waals surface area contributed by atoms with Crippen LogP contribution in [0, 0.1) is 6.92 Å². The highest BCUT2D eigenvalue weighted by Crippen LogP contribution is 2.25. The minimum absolute atomic E-state index is 0.209. The van der Waals surface area contributed by atoms with Crippen molar-refractivity contribution in [3.8, 4) is 0 Å². The lowest BCUT2D eigenvalue weighted by Gasteiger charge is -2.15. The Labute approximate surface area is 99.3 Å². The lowest BCUT2D eigenvalue weighted by molar-refractivity contribution is 0.868. The van der Waals surface area contributed by atoms with Crippen molar-refractivity contribution in [1.29, 1.82) is 0 Å². The molecule has 0 aliphatic heterocycles. The normalized spacial score (nSPS) is 12.4. The Morgan fingerprint density at radius 3 is 2.94 bits per heavy atom. The van der Waals surface area contributed by atoms with Crippen molar-refractivity contribution in [2.45, 2.75) is 19.9 Å².